The lowest BCUT2D eigenvalue weighted by Gasteiger charge is -2.36. The molecule has 0 bridgehead atoms. The van der Waals surface area contributed by atoms with E-state index in [0.717, 1.165) is 24.1 Å². The fourth-order valence-corrected chi connectivity index (χ4v) is 4.37. The van der Waals surface area contributed by atoms with Crippen molar-refractivity contribution in [2.75, 3.05) is 11.9 Å². The number of alkyl halides is 1. The lowest BCUT2D eigenvalue weighted by Crippen LogP contribution is -2.43. The molecule has 1 atom stereocenters. The van der Waals surface area contributed by atoms with Crippen LogP contribution in [0, 0.1) is 11.3 Å². The van der Waals surface area contributed by atoms with Gasteiger partial charge in [-0.3, -0.25) is 9.78 Å². The van der Waals surface area contributed by atoms with Crippen LogP contribution in [-0.2, 0) is 0 Å². The lowest BCUT2D eigenvalue weighted by molar-refractivity contribution is -0.00177. The molecule has 3 aromatic heterocycles. The molecule has 10 heteroatoms. The monoisotopic (exact) mass is 528 g/mol. The number of carbonyl (C=O) groups excluding carboxylic acids is 1. The van der Waals surface area contributed by atoms with Crippen LogP contribution >= 0.6 is 0 Å². The SMILES string of the molecule is CC(C)(O)[C@H](F)CNC(=O)c1cnc(-c2ccc3cc(C#N)cnn23)cc1N[C@H]1C[C@H](Oc2ccccc2)C1. The zero-order chi connectivity index (χ0) is 27.6. The minimum atomic E-state index is -1.64. The maximum atomic E-state index is 14.3. The zero-order valence-corrected chi connectivity index (χ0v) is 21.6. The maximum absolute atomic E-state index is 14.3. The molecule has 1 aliphatic rings. The first kappa shape index (κ1) is 26.1. The van der Waals surface area contributed by atoms with Gasteiger partial charge in [0.25, 0.3) is 5.91 Å². The Morgan fingerprint density at radius 3 is 2.72 bits per heavy atom. The number of nitrogens with one attached hydrogen (secondary N) is 2. The number of aromatic nitrogens is 3. The highest BCUT2D eigenvalue weighted by Gasteiger charge is 2.32. The van der Waals surface area contributed by atoms with Gasteiger partial charge in [0.2, 0.25) is 0 Å². The number of rotatable bonds is 9. The Morgan fingerprint density at radius 1 is 1.23 bits per heavy atom. The van der Waals surface area contributed by atoms with Crippen LogP contribution in [0.4, 0.5) is 10.1 Å². The van der Waals surface area contributed by atoms with Gasteiger partial charge >= 0.3 is 0 Å². The van der Waals surface area contributed by atoms with E-state index in [-0.39, 0.29) is 24.3 Å². The van der Waals surface area contributed by atoms with Crippen molar-refractivity contribution in [1.82, 2.24) is 19.9 Å². The fraction of sp³-hybridized carbons (Fsp3) is 0.310. The Labute approximate surface area is 225 Å². The molecule has 5 rings (SSSR count). The number of ether oxygens (including phenoxy) is 1. The summed E-state index contributed by atoms with van der Waals surface area (Å²) in [4.78, 5) is 17.6. The summed E-state index contributed by atoms with van der Waals surface area (Å²) in [5, 5.41) is 29.4. The van der Waals surface area contributed by atoms with Gasteiger partial charge in [0, 0.05) is 25.1 Å². The van der Waals surface area contributed by atoms with Crippen LogP contribution in [0.25, 0.3) is 16.9 Å². The van der Waals surface area contributed by atoms with Gasteiger partial charge in [-0.25, -0.2) is 8.91 Å². The van der Waals surface area contributed by atoms with E-state index in [4.69, 9.17) is 4.74 Å². The number of pyridine rings is 1. The number of fused-ring (bicyclic) bond motifs is 1. The summed E-state index contributed by atoms with van der Waals surface area (Å²) in [6, 6.07) is 18.9. The van der Waals surface area contributed by atoms with Crippen molar-refractivity contribution in [3.63, 3.8) is 0 Å². The molecule has 1 amide bonds. The minimum absolute atomic E-state index is 0.0515. The number of nitrogens with zero attached hydrogens (tertiary/aromatic N) is 4. The van der Waals surface area contributed by atoms with Gasteiger partial charge in [0.05, 0.1) is 52.1 Å². The summed E-state index contributed by atoms with van der Waals surface area (Å²) in [5.74, 6) is 0.309. The van der Waals surface area contributed by atoms with Crippen LogP contribution in [0.2, 0.25) is 0 Å². The molecule has 200 valence electrons. The molecule has 1 aliphatic carbocycles. The number of benzene rings is 1. The third kappa shape index (κ3) is 5.84. The van der Waals surface area contributed by atoms with E-state index in [0.29, 0.717) is 22.6 Å². The van der Waals surface area contributed by atoms with E-state index < -0.39 is 17.7 Å². The van der Waals surface area contributed by atoms with E-state index in [2.05, 4.69) is 26.8 Å². The molecule has 1 saturated carbocycles. The van der Waals surface area contributed by atoms with Gasteiger partial charge in [0.15, 0.2) is 0 Å². The maximum Gasteiger partial charge on any atom is 0.255 e. The molecule has 0 saturated heterocycles. The minimum Gasteiger partial charge on any atom is -0.490 e. The van der Waals surface area contributed by atoms with Crippen LogP contribution in [0.15, 0.2) is 67.0 Å². The van der Waals surface area contributed by atoms with Crippen LogP contribution < -0.4 is 15.4 Å². The Kier molecular flexibility index (Phi) is 7.17. The number of aliphatic hydroxyl groups is 1. The molecule has 0 radical (unpaired) electrons. The van der Waals surface area contributed by atoms with Gasteiger partial charge in [-0.2, -0.15) is 10.4 Å². The molecule has 0 unspecified atom stereocenters. The second-order valence-corrected chi connectivity index (χ2v) is 10.2. The van der Waals surface area contributed by atoms with E-state index in [1.165, 1.54) is 26.2 Å². The predicted octanol–water partition coefficient (Wildman–Crippen LogP) is 4.13. The first-order valence-corrected chi connectivity index (χ1v) is 12.7. The van der Waals surface area contributed by atoms with Gasteiger partial charge in [-0.15, -0.1) is 0 Å². The van der Waals surface area contributed by atoms with E-state index >= 15 is 0 Å². The molecular weight excluding hydrogens is 499 g/mol. The Bertz CT molecular complexity index is 1520. The van der Waals surface area contributed by atoms with Gasteiger partial charge < -0.3 is 20.5 Å². The summed E-state index contributed by atoms with van der Waals surface area (Å²) in [7, 11) is 0. The van der Waals surface area contributed by atoms with Crippen LogP contribution in [0.5, 0.6) is 5.75 Å². The van der Waals surface area contributed by atoms with Crippen LogP contribution in [-0.4, -0.2) is 56.1 Å². The number of hydrogen-bond donors (Lipinski definition) is 3. The van der Waals surface area contributed by atoms with Crippen LogP contribution in [0.1, 0.15) is 42.6 Å². The molecule has 4 aromatic rings. The van der Waals surface area contributed by atoms with Gasteiger partial charge in [0.1, 0.15) is 24.1 Å². The first-order valence-electron chi connectivity index (χ1n) is 12.7. The zero-order valence-electron chi connectivity index (χ0n) is 21.6. The standard InChI is InChI=1S/C29H29FN6O3/c1-29(2,38)27(30)17-33-28(37)23-16-32-25(26-9-8-20-10-18(14-31)15-34-36(20)26)13-24(23)35-19-11-22(12-19)39-21-6-4-3-5-7-21/h3-10,13,15-16,19,22,27,38H,11-12,17H2,1-2H3,(H,32,35)(H,33,37)/t19-,22-,27-/m1/s1. The molecule has 3 N–H and O–H groups in total. The van der Waals surface area contributed by atoms with Crippen molar-refractivity contribution in [2.45, 2.75) is 50.6 Å². The third-order valence-electron chi connectivity index (χ3n) is 6.75. The van der Waals surface area contributed by atoms with Crippen LogP contribution in [0.3, 0.4) is 0 Å². The van der Waals surface area contributed by atoms with Gasteiger partial charge in [-0.05, 0) is 50.2 Å². The molecule has 0 aliphatic heterocycles. The Balaban J connectivity index is 1.38. The number of amides is 1. The quantitative estimate of drug-likeness (QED) is 0.298. The van der Waals surface area contributed by atoms with Crippen molar-refractivity contribution < 1.29 is 19.0 Å². The smallest absolute Gasteiger partial charge is 0.255 e. The molecular formula is C29H29FN6O3. The number of carbonyl (C=O) groups is 1. The number of anilines is 1. The predicted molar refractivity (Wildman–Crippen MR) is 144 cm³/mol. The molecule has 39 heavy (non-hydrogen) atoms. The van der Waals surface area contributed by atoms with E-state index in [1.54, 1.807) is 16.6 Å². The average Bonchev–Trinajstić information content (AvgIpc) is 3.33. The fourth-order valence-electron chi connectivity index (χ4n) is 4.37. The molecule has 1 fully saturated rings. The van der Waals surface area contributed by atoms with Crippen molar-refractivity contribution in [3.05, 3.63) is 78.1 Å². The lowest BCUT2D eigenvalue weighted by atomic mass is 9.88. The highest BCUT2D eigenvalue weighted by Crippen LogP contribution is 2.31. The van der Waals surface area contributed by atoms with Crippen molar-refractivity contribution >= 4 is 17.1 Å². The summed E-state index contributed by atoms with van der Waals surface area (Å²) in [6.07, 6.45) is 2.83. The van der Waals surface area contributed by atoms with Crippen molar-refractivity contribution in [1.29, 1.82) is 5.26 Å². The normalized spacial score (nSPS) is 17.6. The second-order valence-electron chi connectivity index (χ2n) is 10.2. The highest BCUT2D eigenvalue weighted by molar-refractivity contribution is 6.00. The number of halogens is 1. The summed E-state index contributed by atoms with van der Waals surface area (Å²) in [5.41, 5.74) is 1.67. The van der Waals surface area contributed by atoms with E-state index in [9.17, 15) is 19.6 Å². The average molecular weight is 529 g/mol. The Morgan fingerprint density at radius 2 is 2.00 bits per heavy atom. The highest BCUT2D eigenvalue weighted by atomic mass is 19.1. The second kappa shape index (κ2) is 10.7. The molecule has 3 heterocycles. The van der Waals surface area contributed by atoms with Gasteiger partial charge in [-0.1, -0.05) is 18.2 Å². The molecule has 0 spiro atoms. The topological polar surface area (TPSA) is 125 Å². The molecule has 1 aromatic carbocycles. The summed E-state index contributed by atoms with van der Waals surface area (Å²) < 4.78 is 22.0. The Hall–Kier alpha value is -4.49. The molecule has 9 nitrogen and oxygen atoms in total. The number of hydrogen-bond acceptors (Lipinski definition) is 7. The van der Waals surface area contributed by atoms with Crippen molar-refractivity contribution in [2.24, 2.45) is 0 Å². The number of para-hydroxylation sites is 1. The van der Waals surface area contributed by atoms with E-state index in [1.807, 2.05) is 42.5 Å². The number of nitriles is 1. The van der Waals surface area contributed by atoms with Crippen molar-refractivity contribution in [3.8, 4) is 23.2 Å². The largest absolute Gasteiger partial charge is 0.490 e. The third-order valence-corrected chi connectivity index (χ3v) is 6.75. The first-order chi connectivity index (χ1) is 18.7. The summed E-state index contributed by atoms with van der Waals surface area (Å²) in [6.45, 7) is 2.37. The summed E-state index contributed by atoms with van der Waals surface area (Å²) >= 11 is 0.